The highest BCUT2D eigenvalue weighted by Gasteiger charge is 2.53. The van der Waals surface area contributed by atoms with E-state index in [4.69, 9.17) is 0 Å². The topological polar surface area (TPSA) is 185 Å². The Labute approximate surface area is 386 Å². The summed E-state index contributed by atoms with van der Waals surface area (Å²) in [5.41, 5.74) is 3.40. The molecule has 2 aromatic carbocycles. The van der Waals surface area contributed by atoms with Crippen LogP contribution in [0.5, 0.6) is 0 Å². The van der Waals surface area contributed by atoms with Gasteiger partial charge in [-0.2, -0.15) is 5.01 Å². The maximum absolute atomic E-state index is 13.8. The van der Waals surface area contributed by atoms with Crippen molar-refractivity contribution in [2.24, 2.45) is 17.3 Å². The van der Waals surface area contributed by atoms with Crippen molar-refractivity contribution >= 4 is 46.6 Å². The molecule has 5 amide bonds. The van der Waals surface area contributed by atoms with Crippen molar-refractivity contribution in [1.82, 2.24) is 41.1 Å². The summed E-state index contributed by atoms with van der Waals surface area (Å²) >= 11 is 0. The second-order valence-electron chi connectivity index (χ2n) is 20.8. The number of allylic oxidation sites excluding steroid dienone is 1. The molecule has 1 saturated carbocycles. The van der Waals surface area contributed by atoms with Gasteiger partial charge in [0.2, 0.25) is 17.7 Å². The van der Waals surface area contributed by atoms with Crippen LogP contribution in [0.15, 0.2) is 54.6 Å². The summed E-state index contributed by atoms with van der Waals surface area (Å²) in [7, 11) is 0. The minimum atomic E-state index is -0.958. The van der Waals surface area contributed by atoms with Gasteiger partial charge in [-0.15, -0.1) is 0 Å². The summed E-state index contributed by atoms with van der Waals surface area (Å²) in [6, 6.07) is 13.2. The van der Waals surface area contributed by atoms with Gasteiger partial charge < -0.3 is 20.2 Å². The van der Waals surface area contributed by atoms with E-state index in [0.29, 0.717) is 42.0 Å². The molecular formula is C49H65N11O6. The summed E-state index contributed by atoms with van der Waals surface area (Å²) in [5.74, 6) is -1.26. The van der Waals surface area contributed by atoms with Crippen molar-refractivity contribution in [3.05, 3.63) is 65.7 Å². The van der Waals surface area contributed by atoms with E-state index in [1.807, 2.05) is 24.1 Å². The molecule has 6 unspecified atom stereocenters. The number of aliphatic hydroxyl groups is 1. The first-order chi connectivity index (χ1) is 31.9. The number of imide groups is 2. The van der Waals surface area contributed by atoms with Crippen LogP contribution < -0.4 is 36.4 Å². The van der Waals surface area contributed by atoms with E-state index in [0.717, 1.165) is 101 Å². The van der Waals surface area contributed by atoms with Crippen molar-refractivity contribution < 1.29 is 29.1 Å². The fourth-order valence-corrected chi connectivity index (χ4v) is 12.8. The van der Waals surface area contributed by atoms with E-state index < -0.39 is 29.4 Å². The molecule has 6 N–H and O–H groups in total. The number of piperazine rings is 1. The number of hydrogen-bond donors (Lipinski definition) is 6. The number of fused-ring (bicyclic) bond motifs is 7. The first kappa shape index (κ1) is 43.6. The molecule has 1 spiro atoms. The molecular weight excluding hydrogens is 839 g/mol. The number of hydrazine groups is 1. The highest BCUT2D eigenvalue weighted by Crippen LogP contribution is 2.53. The van der Waals surface area contributed by atoms with E-state index in [9.17, 15) is 29.1 Å². The van der Waals surface area contributed by atoms with E-state index >= 15 is 0 Å². The maximum Gasteiger partial charge on any atom is 0.262 e. The van der Waals surface area contributed by atoms with Gasteiger partial charge in [-0.05, 0) is 125 Å². The second kappa shape index (κ2) is 17.3. The number of nitrogens with zero attached hydrogens (tertiary/aromatic N) is 6. The number of carbonyl (C=O) groups excluding carboxylic acids is 5. The van der Waals surface area contributed by atoms with E-state index in [-0.39, 0.29) is 55.2 Å². The Morgan fingerprint density at radius 2 is 1.55 bits per heavy atom. The Kier molecular flexibility index (Phi) is 11.4. The highest BCUT2D eigenvalue weighted by molar-refractivity contribution is 6.23. The predicted molar refractivity (Wildman–Crippen MR) is 248 cm³/mol. The zero-order valence-corrected chi connectivity index (χ0v) is 38.1. The van der Waals surface area contributed by atoms with Gasteiger partial charge in [-0.3, -0.25) is 60.0 Å². The van der Waals surface area contributed by atoms with Crippen LogP contribution in [-0.2, 0) is 14.4 Å². The molecule has 7 fully saturated rings. The van der Waals surface area contributed by atoms with Crippen molar-refractivity contribution in [2.45, 2.75) is 114 Å². The smallest absolute Gasteiger partial charge is 0.262 e. The average molecular weight is 904 g/mol. The van der Waals surface area contributed by atoms with Crippen molar-refractivity contribution in [2.75, 3.05) is 74.0 Å². The largest absolute Gasteiger partial charge is 0.389 e. The number of nitrogens with one attached hydrogen (secondary N) is 5. The van der Waals surface area contributed by atoms with Crippen LogP contribution in [0.1, 0.15) is 98.3 Å². The summed E-state index contributed by atoms with van der Waals surface area (Å²) in [6.45, 7) is 10.1. The Balaban J connectivity index is 0.631. The Morgan fingerprint density at radius 3 is 2.32 bits per heavy atom. The molecule has 2 aromatic rings. The molecule has 9 aliphatic rings. The van der Waals surface area contributed by atoms with Gasteiger partial charge in [-0.1, -0.05) is 12.2 Å². The zero-order valence-electron chi connectivity index (χ0n) is 38.1. The van der Waals surface area contributed by atoms with Crippen molar-refractivity contribution in [3.8, 4) is 0 Å². The summed E-state index contributed by atoms with van der Waals surface area (Å²) in [4.78, 5) is 73.1. The average Bonchev–Trinajstić information content (AvgIpc) is 3.72. The minimum absolute atomic E-state index is 0.0232. The van der Waals surface area contributed by atoms with Crippen LogP contribution in [0.2, 0.25) is 0 Å². The molecule has 1 aliphatic carbocycles. The lowest BCUT2D eigenvalue weighted by Gasteiger charge is -2.54. The highest BCUT2D eigenvalue weighted by atomic mass is 16.3. The van der Waals surface area contributed by atoms with Crippen LogP contribution in [0, 0.1) is 17.3 Å². The van der Waals surface area contributed by atoms with Gasteiger partial charge >= 0.3 is 0 Å². The lowest BCUT2D eigenvalue weighted by Crippen LogP contribution is -2.69. The zero-order chi connectivity index (χ0) is 45.3. The third kappa shape index (κ3) is 8.08. The van der Waals surface area contributed by atoms with Gasteiger partial charge in [-0.25, -0.2) is 0 Å². The van der Waals surface area contributed by atoms with Crippen LogP contribution in [-0.4, -0.2) is 150 Å². The van der Waals surface area contributed by atoms with Crippen LogP contribution >= 0.6 is 0 Å². The number of anilines is 3. The molecule has 11 rings (SSSR count). The first-order valence-electron chi connectivity index (χ1n) is 24.6. The minimum Gasteiger partial charge on any atom is -0.389 e. The van der Waals surface area contributed by atoms with Gasteiger partial charge in [0.1, 0.15) is 12.3 Å². The molecule has 7 atom stereocenters. The molecule has 8 aliphatic heterocycles. The van der Waals surface area contributed by atoms with Crippen molar-refractivity contribution in [3.63, 3.8) is 0 Å². The predicted octanol–water partition coefficient (Wildman–Crippen LogP) is 2.37. The monoisotopic (exact) mass is 904 g/mol. The summed E-state index contributed by atoms with van der Waals surface area (Å²) in [5, 5.41) is 32.4. The second-order valence-corrected chi connectivity index (χ2v) is 20.8. The third-order valence-corrected chi connectivity index (χ3v) is 16.6. The van der Waals surface area contributed by atoms with Crippen LogP contribution in [0.25, 0.3) is 0 Å². The number of benzene rings is 2. The van der Waals surface area contributed by atoms with Crippen LogP contribution in [0.4, 0.5) is 17.1 Å². The molecule has 17 heteroatoms. The van der Waals surface area contributed by atoms with Gasteiger partial charge in [0.25, 0.3) is 11.8 Å². The molecule has 8 heterocycles. The molecule has 0 aromatic heterocycles. The lowest BCUT2D eigenvalue weighted by atomic mass is 9.57. The van der Waals surface area contributed by atoms with Gasteiger partial charge in [0.05, 0.1) is 41.5 Å². The SMILES string of the molecule is C[C@@]1(O)CC/C=C\CN2C(=O)C3CNC(Nc4ccc(N5CCN(CC6CC7(CCN(c8ccc9c(c8)C(=O)N(C8CCC(=O)NC8=O)C9=O)CC7)C6)CC5)cc4)NC3N2C2CCCC1N2. The fourth-order valence-electron chi connectivity index (χ4n) is 12.8. The van der Waals surface area contributed by atoms with Gasteiger partial charge in [0.15, 0.2) is 0 Å². The normalized spacial score (nSPS) is 33.5. The Bertz CT molecular complexity index is 2260. The molecule has 66 heavy (non-hydrogen) atoms. The number of amides is 5. The standard InChI is InChI=1S/C49H65N11O6/c1-48(66)16-3-2-4-19-58-44(63)37-29-50-47(54-42(37)60(58)40-7-5-6-39(48)52-40)51-32-8-10-33(11-9-32)57-24-22-55(23-25-57)30-31-27-49(28-31)17-20-56(21-18-49)34-12-13-35-36(26-34)46(65)59(45(35)64)38-14-15-41(61)53-43(38)62/h2,4,8-13,26,31,37-40,42,47,50-52,54,66H,3,5-7,14-25,27-30H2,1H3,(H,53,61,62)/b4-2-/t37?,38?,39?,40?,42?,47?,48-/m1/s1. The molecule has 352 valence electrons. The molecule has 2 bridgehead atoms. The first-order valence-corrected chi connectivity index (χ1v) is 24.6. The van der Waals surface area contributed by atoms with E-state index in [1.54, 1.807) is 6.07 Å². The number of piperidine rings is 3. The number of carbonyl (C=O) groups is 5. The lowest BCUT2D eigenvalue weighted by molar-refractivity contribution is -0.146. The van der Waals surface area contributed by atoms with E-state index in [2.05, 4.69) is 82.7 Å². The van der Waals surface area contributed by atoms with Crippen LogP contribution in [0.3, 0.4) is 0 Å². The molecule has 0 radical (unpaired) electrons. The maximum atomic E-state index is 13.8. The summed E-state index contributed by atoms with van der Waals surface area (Å²) < 4.78 is 0. The third-order valence-electron chi connectivity index (χ3n) is 16.6. The van der Waals surface area contributed by atoms with Crippen molar-refractivity contribution in [1.29, 1.82) is 0 Å². The quantitative estimate of drug-likeness (QED) is 0.176. The fraction of sp³-hybridized carbons (Fsp3) is 0.612. The Morgan fingerprint density at radius 1 is 0.803 bits per heavy atom. The van der Waals surface area contributed by atoms with Gasteiger partial charge in [0, 0.05) is 81.9 Å². The molecule has 6 saturated heterocycles. The number of hydrogen-bond acceptors (Lipinski definition) is 14. The molecule has 17 nitrogen and oxygen atoms in total. The number of rotatable bonds is 7. The van der Waals surface area contributed by atoms with E-state index in [1.165, 1.54) is 18.5 Å². The Hall–Kier alpha value is -4.91. The summed E-state index contributed by atoms with van der Waals surface area (Å²) in [6.07, 6.45) is 13.1.